The van der Waals surface area contributed by atoms with Gasteiger partial charge in [0, 0.05) is 25.7 Å². The van der Waals surface area contributed by atoms with Crippen LogP contribution in [-0.2, 0) is 65.4 Å². The number of esters is 4. The normalized spacial score (nSPS) is 14.6. The van der Waals surface area contributed by atoms with E-state index in [0.29, 0.717) is 25.7 Å². The monoisotopic (exact) mass is 1210 g/mol. The molecular formula is C63H122O17P2. The maximum absolute atomic E-state index is 13.0. The molecule has 0 aliphatic heterocycles. The highest BCUT2D eigenvalue weighted by Crippen LogP contribution is 2.45. The van der Waals surface area contributed by atoms with Crippen molar-refractivity contribution in [3.05, 3.63) is 0 Å². The van der Waals surface area contributed by atoms with Crippen molar-refractivity contribution in [2.24, 2.45) is 5.92 Å². The minimum absolute atomic E-state index is 0.106. The molecule has 0 saturated heterocycles. The van der Waals surface area contributed by atoms with Gasteiger partial charge in [0.1, 0.15) is 19.3 Å². The second-order valence-corrected chi connectivity index (χ2v) is 25.9. The Morgan fingerprint density at radius 1 is 0.341 bits per heavy atom. The minimum atomic E-state index is -4.94. The third kappa shape index (κ3) is 55.9. The number of phosphoric acid groups is 2. The summed E-state index contributed by atoms with van der Waals surface area (Å²) in [5, 5.41) is 10.5. The molecule has 3 unspecified atom stereocenters. The van der Waals surface area contributed by atoms with Crippen LogP contribution < -0.4 is 0 Å². The lowest BCUT2D eigenvalue weighted by molar-refractivity contribution is -0.161. The first-order valence-electron chi connectivity index (χ1n) is 33.2. The first-order chi connectivity index (χ1) is 39.6. The van der Waals surface area contributed by atoms with Crippen LogP contribution >= 0.6 is 15.6 Å². The largest absolute Gasteiger partial charge is 0.472 e. The topological polar surface area (TPSA) is 237 Å². The van der Waals surface area contributed by atoms with Gasteiger partial charge in [0.05, 0.1) is 26.4 Å². The average Bonchev–Trinajstić information content (AvgIpc) is 3.47. The summed E-state index contributed by atoms with van der Waals surface area (Å²) in [6.07, 6.45) is 40.5. The molecule has 19 heteroatoms. The van der Waals surface area contributed by atoms with E-state index in [1.807, 2.05) is 0 Å². The smallest absolute Gasteiger partial charge is 0.462 e. The molecule has 82 heavy (non-hydrogen) atoms. The predicted molar refractivity (Wildman–Crippen MR) is 326 cm³/mol. The van der Waals surface area contributed by atoms with E-state index in [1.165, 1.54) is 135 Å². The molecule has 0 saturated carbocycles. The number of carbonyl (C=O) groups is 4. The zero-order valence-corrected chi connectivity index (χ0v) is 54.4. The first-order valence-corrected chi connectivity index (χ1v) is 36.2. The van der Waals surface area contributed by atoms with Crippen molar-refractivity contribution in [1.82, 2.24) is 0 Å². The molecule has 17 nitrogen and oxygen atoms in total. The molecule has 0 amide bonds. The summed E-state index contributed by atoms with van der Waals surface area (Å²) in [4.78, 5) is 71.9. The molecule has 486 valence electrons. The number of hydrogen-bond acceptors (Lipinski definition) is 15. The standard InChI is InChI=1S/C63H122O17P2/c1-6-10-13-16-18-20-22-23-24-26-28-34-39-44-49-63(68)80-59(53-74-61(66)47-42-37-32-30-29-31-36-40-45-56(5)9-4)55-78-82(71,72)76-51-57(64)50-75-81(69,70)77-54-58(52-73-60(65)46-41-35-15-12-8-3)79-62(67)48-43-38-33-27-25-21-19-17-14-11-7-2/h56-59,64H,6-55H2,1-5H3,(H,69,70)(H,71,72)/t56?,57-,58+,59+/m0/s1. The molecule has 0 aliphatic carbocycles. The van der Waals surface area contributed by atoms with Crippen molar-refractivity contribution < 1.29 is 80.2 Å². The minimum Gasteiger partial charge on any atom is -0.462 e. The van der Waals surface area contributed by atoms with Crippen LogP contribution in [0.4, 0.5) is 0 Å². The zero-order chi connectivity index (χ0) is 60.6. The molecule has 0 fully saturated rings. The van der Waals surface area contributed by atoms with Crippen LogP contribution in [0.3, 0.4) is 0 Å². The average molecular weight is 1210 g/mol. The fourth-order valence-corrected chi connectivity index (χ4v) is 11.0. The van der Waals surface area contributed by atoms with Crippen molar-refractivity contribution in [3.63, 3.8) is 0 Å². The second-order valence-electron chi connectivity index (χ2n) is 23.0. The molecule has 0 bridgehead atoms. The fourth-order valence-electron chi connectivity index (χ4n) is 9.37. The Balaban J connectivity index is 5.18. The van der Waals surface area contributed by atoms with Crippen LogP contribution in [0.2, 0.25) is 0 Å². The summed E-state index contributed by atoms with van der Waals surface area (Å²) in [5.74, 6) is -1.37. The Bertz CT molecular complexity index is 1600. The maximum atomic E-state index is 13.0. The Labute approximate surface area is 498 Å². The van der Waals surface area contributed by atoms with Crippen molar-refractivity contribution in [2.75, 3.05) is 39.6 Å². The summed E-state index contributed by atoms with van der Waals surface area (Å²) >= 11 is 0. The van der Waals surface area contributed by atoms with Gasteiger partial charge in [-0.05, 0) is 31.6 Å². The van der Waals surface area contributed by atoms with E-state index < -0.39 is 97.5 Å². The van der Waals surface area contributed by atoms with Gasteiger partial charge in [0.2, 0.25) is 0 Å². The number of aliphatic hydroxyl groups excluding tert-OH is 1. The number of rotatable bonds is 63. The van der Waals surface area contributed by atoms with Crippen molar-refractivity contribution in [1.29, 1.82) is 0 Å². The second kappa shape index (κ2) is 56.8. The van der Waals surface area contributed by atoms with Gasteiger partial charge in [0.15, 0.2) is 12.2 Å². The molecule has 0 aromatic rings. The number of phosphoric ester groups is 2. The lowest BCUT2D eigenvalue weighted by Crippen LogP contribution is -2.30. The Hall–Kier alpha value is -1.94. The molecule has 0 aromatic carbocycles. The summed E-state index contributed by atoms with van der Waals surface area (Å²) in [6.45, 7) is 7.11. The third-order valence-electron chi connectivity index (χ3n) is 14.9. The quantitative estimate of drug-likeness (QED) is 0.0222. The number of unbranched alkanes of at least 4 members (excludes halogenated alkanes) is 34. The van der Waals surface area contributed by atoms with Crippen LogP contribution in [-0.4, -0.2) is 96.7 Å². The Morgan fingerprint density at radius 2 is 0.585 bits per heavy atom. The highest BCUT2D eigenvalue weighted by molar-refractivity contribution is 7.47. The first kappa shape index (κ1) is 80.1. The van der Waals surface area contributed by atoms with Gasteiger partial charge in [-0.3, -0.25) is 37.3 Å². The molecule has 0 heterocycles. The number of aliphatic hydroxyl groups is 1. The van der Waals surface area contributed by atoms with Crippen LogP contribution in [0, 0.1) is 5.92 Å². The molecule has 0 radical (unpaired) electrons. The molecule has 6 atom stereocenters. The molecule has 0 rings (SSSR count). The lowest BCUT2D eigenvalue weighted by atomic mass is 9.99. The summed E-state index contributed by atoms with van der Waals surface area (Å²) < 4.78 is 67.8. The molecule has 0 aromatic heterocycles. The zero-order valence-electron chi connectivity index (χ0n) is 52.6. The van der Waals surface area contributed by atoms with Gasteiger partial charge in [-0.15, -0.1) is 0 Å². The van der Waals surface area contributed by atoms with Crippen LogP contribution in [0.25, 0.3) is 0 Å². The van der Waals surface area contributed by atoms with E-state index in [9.17, 15) is 43.2 Å². The Kier molecular flexibility index (Phi) is 55.5. The maximum Gasteiger partial charge on any atom is 0.472 e. The molecule has 0 aliphatic rings. The van der Waals surface area contributed by atoms with Crippen LogP contribution in [0.5, 0.6) is 0 Å². The lowest BCUT2D eigenvalue weighted by Gasteiger charge is -2.21. The predicted octanol–water partition coefficient (Wildman–Crippen LogP) is 17.4. The van der Waals surface area contributed by atoms with Gasteiger partial charge in [0.25, 0.3) is 0 Å². The highest BCUT2D eigenvalue weighted by atomic mass is 31.2. The van der Waals surface area contributed by atoms with E-state index >= 15 is 0 Å². The van der Waals surface area contributed by atoms with E-state index in [4.69, 9.17) is 37.0 Å². The van der Waals surface area contributed by atoms with Crippen LogP contribution in [0.1, 0.15) is 317 Å². The Morgan fingerprint density at radius 3 is 0.866 bits per heavy atom. The van der Waals surface area contributed by atoms with E-state index in [-0.39, 0.29) is 25.7 Å². The van der Waals surface area contributed by atoms with Gasteiger partial charge in [-0.2, -0.15) is 0 Å². The number of ether oxygens (including phenoxy) is 4. The molecular weight excluding hydrogens is 1090 g/mol. The van der Waals surface area contributed by atoms with Gasteiger partial charge in [-0.25, -0.2) is 9.13 Å². The summed E-state index contributed by atoms with van der Waals surface area (Å²) in [6, 6.07) is 0. The van der Waals surface area contributed by atoms with Gasteiger partial charge >= 0.3 is 39.5 Å². The van der Waals surface area contributed by atoms with Crippen molar-refractivity contribution >= 4 is 39.5 Å². The number of carbonyl (C=O) groups excluding carboxylic acids is 4. The van der Waals surface area contributed by atoms with E-state index in [2.05, 4.69) is 34.6 Å². The highest BCUT2D eigenvalue weighted by Gasteiger charge is 2.30. The van der Waals surface area contributed by atoms with Gasteiger partial charge < -0.3 is 33.8 Å². The number of hydrogen-bond donors (Lipinski definition) is 3. The summed E-state index contributed by atoms with van der Waals surface area (Å²) in [5.41, 5.74) is 0. The fraction of sp³-hybridized carbons (Fsp3) is 0.937. The van der Waals surface area contributed by atoms with Gasteiger partial charge in [-0.1, -0.05) is 266 Å². The van der Waals surface area contributed by atoms with E-state index in [1.54, 1.807) is 0 Å². The van der Waals surface area contributed by atoms with Crippen molar-refractivity contribution in [3.8, 4) is 0 Å². The van der Waals surface area contributed by atoms with Crippen molar-refractivity contribution in [2.45, 2.75) is 335 Å². The van der Waals surface area contributed by atoms with E-state index in [0.717, 1.165) is 102 Å². The SMILES string of the molecule is CCCCCCCCCCCCCCCCC(=O)O[C@H](COC(=O)CCCCCCCCCCC(C)CC)COP(=O)(O)OC[C@@H](O)COP(=O)(O)OC[C@@H](COC(=O)CCCCCCC)OC(=O)CCCCCCCCCCCCC. The van der Waals surface area contributed by atoms with Crippen LogP contribution in [0.15, 0.2) is 0 Å². The summed E-state index contributed by atoms with van der Waals surface area (Å²) in [7, 11) is -9.88. The molecule has 3 N–H and O–H groups in total. The third-order valence-corrected chi connectivity index (χ3v) is 16.8. The molecule has 0 spiro atoms.